The highest BCUT2D eigenvalue weighted by atomic mass is 35.5. The van der Waals surface area contributed by atoms with E-state index in [9.17, 15) is 0 Å². The highest BCUT2D eigenvalue weighted by molar-refractivity contribution is 7.19. The molecule has 3 aromatic heterocycles. The molecular weight excluding hydrogens is 338 g/mol. The lowest BCUT2D eigenvalue weighted by atomic mass is 10.1. The van der Waals surface area contributed by atoms with Gasteiger partial charge in [-0.15, -0.1) is 22.7 Å². The van der Waals surface area contributed by atoms with Crippen molar-refractivity contribution in [1.82, 2.24) is 15.0 Å². The molecule has 0 bridgehead atoms. The molecule has 0 radical (unpaired) electrons. The van der Waals surface area contributed by atoms with Crippen LogP contribution in [0.3, 0.4) is 0 Å². The highest BCUT2D eigenvalue weighted by Gasteiger charge is 2.16. The molecule has 8 heteroatoms. The number of thiophene rings is 1. The number of thiazole rings is 1. The summed E-state index contributed by atoms with van der Waals surface area (Å²) in [6, 6.07) is 0.113. The van der Waals surface area contributed by atoms with Crippen LogP contribution in [0.25, 0.3) is 10.2 Å². The summed E-state index contributed by atoms with van der Waals surface area (Å²) in [5, 5.41) is 6.53. The third-order valence-corrected chi connectivity index (χ3v) is 5.49. The monoisotopic (exact) mass is 353 g/mol. The number of hydrogen-bond donors (Lipinski definition) is 2. The minimum Gasteiger partial charge on any atom is -0.362 e. The van der Waals surface area contributed by atoms with Crippen LogP contribution in [0.5, 0.6) is 0 Å². The van der Waals surface area contributed by atoms with Gasteiger partial charge in [-0.2, -0.15) is 4.98 Å². The summed E-state index contributed by atoms with van der Waals surface area (Å²) in [7, 11) is 0. The predicted molar refractivity (Wildman–Crippen MR) is 94.0 cm³/mol. The molecule has 3 aromatic rings. The van der Waals surface area contributed by atoms with Crippen LogP contribution in [0.1, 0.15) is 22.4 Å². The molecule has 0 amide bonds. The first-order chi connectivity index (χ1) is 10.5. The van der Waals surface area contributed by atoms with Gasteiger partial charge in [-0.05, 0) is 37.4 Å². The van der Waals surface area contributed by atoms with Gasteiger partial charge in [0, 0.05) is 22.5 Å². The summed E-state index contributed by atoms with van der Waals surface area (Å²) in [6.07, 6.45) is 2.62. The quantitative estimate of drug-likeness (QED) is 0.685. The standard InChI is InChI=1S/C14H16ClN5S2/c1-7(16)5-9-8(2)11-12(22-9)13(20-14(15)19-11)18-6-10-17-3-4-21-10/h3-4,7H,5-6,16H2,1-2H3,(H,18,19,20). The molecule has 1 unspecified atom stereocenters. The van der Waals surface area contributed by atoms with Crippen LogP contribution < -0.4 is 11.1 Å². The molecule has 0 aliphatic heterocycles. The van der Waals surface area contributed by atoms with Crippen LogP contribution in [-0.4, -0.2) is 21.0 Å². The Morgan fingerprint density at radius 1 is 1.41 bits per heavy atom. The largest absolute Gasteiger partial charge is 0.362 e. The Kier molecular flexibility index (Phi) is 4.58. The molecule has 0 aliphatic carbocycles. The Balaban J connectivity index is 1.98. The van der Waals surface area contributed by atoms with E-state index in [4.69, 9.17) is 17.3 Å². The molecule has 3 heterocycles. The van der Waals surface area contributed by atoms with E-state index >= 15 is 0 Å². The van der Waals surface area contributed by atoms with Crippen molar-refractivity contribution < 1.29 is 0 Å². The van der Waals surface area contributed by atoms with Gasteiger partial charge in [0.15, 0.2) is 0 Å². The normalized spacial score (nSPS) is 12.7. The van der Waals surface area contributed by atoms with E-state index in [2.05, 4.69) is 27.2 Å². The lowest BCUT2D eigenvalue weighted by molar-refractivity contribution is 0.744. The van der Waals surface area contributed by atoms with Gasteiger partial charge in [0.1, 0.15) is 10.8 Å². The lowest BCUT2D eigenvalue weighted by Gasteiger charge is -2.05. The predicted octanol–water partition coefficient (Wildman–Crippen LogP) is 3.61. The molecule has 0 aromatic carbocycles. The SMILES string of the molecule is Cc1c(CC(C)N)sc2c(NCc3nccs3)nc(Cl)nc12. The first kappa shape index (κ1) is 15.6. The zero-order valence-corrected chi connectivity index (χ0v) is 14.6. The molecular formula is C14H16ClN5S2. The Morgan fingerprint density at radius 2 is 2.23 bits per heavy atom. The number of halogens is 1. The molecule has 0 fully saturated rings. The van der Waals surface area contributed by atoms with Crippen LogP contribution in [0, 0.1) is 6.92 Å². The molecule has 5 nitrogen and oxygen atoms in total. The zero-order chi connectivity index (χ0) is 15.7. The van der Waals surface area contributed by atoms with Crippen molar-refractivity contribution in [1.29, 1.82) is 0 Å². The van der Waals surface area contributed by atoms with E-state index < -0.39 is 0 Å². The Hall–Kier alpha value is -1.28. The summed E-state index contributed by atoms with van der Waals surface area (Å²) >= 11 is 9.36. The van der Waals surface area contributed by atoms with Gasteiger partial charge in [-0.3, -0.25) is 0 Å². The summed E-state index contributed by atoms with van der Waals surface area (Å²) in [6.45, 7) is 4.69. The second-order valence-corrected chi connectivity index (χ2v) is 7.55. The molecule has 116 valence electrons. The number of nitrogens with two attached hydrogens (primary N) is 1. The lowest BCUT2D eigenvalue weighted by Crippen LogP contribution is -2.17. The zero-order valence-electron chi connectivity index (χ0n) is 12.3. The van der Waals surface area contributed by atoms with E-state index in [1.807, 2.05) is 12.3 Å². The van der Waals surface area contributed by atoms with Crippen LogP contribution >= 0.6 is 34.3 Å². The first-order valence-electron chi connectivity index (χ1n) is 6.88. The number of anilines is 1. The Bertz CT molecular complexity index is 782. The van der Waals surface area contributed by atoms with Gasteiger partial charge in [0.2, 0.25) is 5.28 Å². The summed E-state index contributed by atoms with van der Waals surface area (Å²) in [5.74, 6) is 0.759. The molecule has 0 saturated carbocycles. The molecule has 1 atom stereocenters. The van der Waals surface area contributed by atoms with Crippen molar-refractivity contribution >= 4 is 50.3 Å². The maximum absolute atomic E-state index is 6.08. The number of aromatic nitrogens is 3. The Labute approximate surface area is 141 Å². The first-order valence-corrected chi connectivity index (χ1v) is 8.95. The minimum absolute atomic E-state index is 0.113. The Morgan fingerprint density at radius 3 is 2.91 bits per heavy atom. The maximum Gasteiger partial charge on any atom is 0.224 e. The van der Waals surface area contributed by atoms with Gasteiger partial charge in [-0.25, -0.2) is 9.97 Å². The third-order valence-electron chi connectivity index (χ3n) is 3.23. The molecule has 3 N–H and O–H groups in total. The van der Waals surface area contributed by atoms with Crippen LogP contribution in [0.15, 0.2) is 11.6 Å². The fourth-order valence-electron chi connectivity index (χ4n) is 2.21. The molecule has 0 saturated heterocycles. The smallest absolute Gasteiger partial charge is 0.224 e. The topological polar surface area (TPSA) is 76.7 Å². The van der Waals surface area contributed by atoms with E-state index in [1.165, 1.54) is 4.88 Å². The van der Waals surface area contributed by atoms with E-state index in [0.29, 0.717) is 6.54 Å². The minimum atomic E-state index is 0.113. The van der Waals surface area contributed by atoms with E-state index in [1.54, 1.807) is 28.9 Å². The van der Waals surface area contributed by atoms with Gasteiger partial charge in [0.05, 0.1) is 16.8 Å². The van der Waals surface area contributed by atoms with Crippen LogP contribution in [0.2, 0.25) is 5.28 Å². The fraction of sp³-hybridized carbons (Fsp3) is 0.357. The van der Waals surface area contributed by atoms with Crippen molar-refractivity contribution in [3.05, 3.63) is 32.3 Å². The van der Waals surface area contributed by atoms with Crippen molar-refractivity contribution in [2.45, 2.75) is 32.9 Å². The van der Waals surface area contributed by atoms with Crippen LogP contribution in [-0.2, 0) is 13.0 Å². The fourth-order valence-corrected chi connectivity index (χ4v) is 4.29. The van der Waals surface area contributed by atoms with E-state index in [-0.39, 0.29) is 11.3 Å². The van der Waals surface area contributed by atoms with Crippen molar-refractivity contribution in [2.75, 3.05) is 5.32 Å². The summed E-state index contributed by atoms with van der Waals surface area (Å²) in [5.41, 5.74) is 7.97. The summed E-state index contributed by atoms with van der Waals surface area (Å²) < 4.78 is 1.02. The number of fused-ring (bicyclic) bond motifs is 1. The van der Waals surface area contributed by atoms with Gasteiger partial charge < -0.3 is 11.1 Å². The highest BCUT2D eigenvalue weighted by Crippen LogP contribution is 2.35. The summed E-state index contributed by atoms with van der Waals surface area (Å²) in [4.78, 5) is 14.2. The number of aryl methyl sites for hydroxylation is 1. The second kappa shape index (κ2) is 6.45. The number of nitrogens with one attached hydrogen (secondary N) is 1. The number of hydrogen-bond acceptors (Lipinski definition) is 7. The van der Waals surface area contributed by atoms with Gasteiger partial charge >= 0.3 is 0 Å². The van der Waals surface area contributed by atoms with Crippen molar-refractivity contribution in [3.63, 3.8) is 0 Å². The van der Waals surface area contributed by atoms with Gasteiger partial charge in [-0.1, -0.05) is 0 Å². The third kappa shape index (κ3) is 3.22. The molecule has 22 heavy (non-hydrogen) atoms. The molecule has 3 rings (SSSR count). The average molecular weight is 354 g/mol. The molecule has 0 aliphatic rings. The maximum atomic E-state index is 6.08. The van der Waals surface area contributed by atoms with Crippen molar-refractivity contribution in [2.24, 2.45) is 5.73 Å². The number of nitrogens with zero attached hydrogens (tertiary/aromatic N) is 3. The van der Waals surface area contributed by atoms with Gasteiger partial charge in [0.25, 0.3) is 0 Å². The van der Waals surface area contributed by atoms with E-state index in [0.717, 1.165) is 33.0 Å². The molecule has 0 spiro atoms. The second-order valence-electron chi connectivity index (χ2n) is 5.13. The van der Waals surface area contributed by atoms with Crippen LogP contribution in [0.4, 0.5) is 5.82 Å². The average Bonchev–Trinajstić information content (AvgIpc) is 3.07. The number of rotatable bonds is 5. The van der Waals surface area contributed by atoms with Crippen molar-refractivity contribution in [3.8, 4) is 0 Å².